The number of carbonyl (C=O) groups excluding carboxylic acids is 1. The molecule has 1 amide bonds. The first kappa shape index (κ1) is 23.2. The Morgan fingerprint density at radius 2 is 1.56 bits per heavy atom. The number of hydrogen-bond acceptors (Lipinski definition) is 4. The maximum atomic E-state index is 13.8. The summed E-state index contributed by atoms with van der Waals surface area (Å²) < 4.78 is 9.47. The van der Waals surface area contributed by atoms with Crippen LogP contribution in [-0.4, -0.2) is 26.7 Å². The normalized spacial score (nSPS) is 11.2. The summed E-state index contributed by atoms with van der Waals surface area (Å²) in [4.78, 5) is 40.7. The summed E-state index contributed by atoms with van der Waals surface area (Å²) in [5, 5.41) is 3.58. The van der Waals surface area contributed by atoms with Crippen molar-refractivity contribution >= 4 is 33.5 Å². The Bertz CT molecular complexity index is 1740. The van der Waals surface area contributed by atoms with Gasteiger partial charge in [0.25, 0.3) is 5.56 Å². The lowest BCUT2D eigenvalue weighted by Crippen LogP contribution is -2.41. The highest BCUT2D eigenvalue weighted by Gasteiger charge is 2.22. The number of nitrogens with zero attached hydrogens (tertiary/aromatic N) is 3. The molecule has 8 nitrogen and oxygen atoms in total. The van der Waals surface area contributed by atoms with Crippen LogP contribution in [0, 0.1) is 13.8 Å². The number of amides is 1. The summed E-state index contributed by atoms with van der Waals surface area (Å²) >= 11 is 0. The number of carbonyl (C=O) groups is 1. The van der Waals surface area contributed by atoms with Crippen molar-refractivity contribution in [1.29, 1.82) is 0 Å². The molecule has 5 rings (SSSR count). The van der Waals surface area contributed by atoms with E-state index < -0.39 is 11.2 Å². The second-order valence-corrected chi connectivity index (χ2v) is 8.90. The molecule has 36 heavy (non-hydrogen) atoms. The number of ether oxygens (including phenoxy) is 1. The smallest absolute Gasteiger partial charge is 0.336 e. The van der Waals surface area contributed by atoms with Crippen molar-refractivity contribution < 1.29 is 9.53 Å². The number of fused-ring (bicyclic) bond motifs is 3. The average molecular weight is 483 g/mol. The number of aryl methyl sites for hydroxylation is 3. The summed E-state index contributed by atoms with van der Waals surface area (Å²) in [7, 11) is 3.37. The van der Waals surface area contributed by atoms with Crippen molar-refractivity contribution in [2.45, 2.75) is 20.4 Å². The standard InChI is InChI=1S/C28H26N4O4/c1-17-5-10-20(11-6-17)32-27(34)26-25(22-15-18(2)7-14-23(22)30(26)3)31(28(32)35)16-24(33)29-19-8-12-21(36-4)13-9-19/h5-15H,16H2,1-4H3,(H,29,33). The zero-order chi connectivity index (χ0) is 25.6. The van der Waals surface area contributed by atoms with Crippen LogP contribution in [0.25, 0.3) is 27.6 Å². The highest BCUT2D eigenvalue weighted by atomic mass is 16.5. The third-order valence-corrected chi connectivity index (χ3v) is 6.39. The molecule has 182 valence electrons. The fourth-order valence-electron chi connectivity index (χ4n) is 4.55. The van der Waals surface area contributed by atoms with Crippen molar-refractivity contribution in [3.8, 4) is 11.4 Å². The van der Waals surface area contributed by atoms with Crippen LogP contribution in [-0.2, 0) is 18.4 Å². The zero-order valence-electron chi connectivity index (χ0n) is 20.5. The molecule has 0 radical (unpaired) electrons. The van der Waals surface area contributed by atoms with Gasteiger partial charge in [0.15, 0.2) is 0 Å². The largest absolute Gasteiger partial charge is 0.497 e. The number of nitrogens with one attached hydrogen (secondary N) is 1. The van der Waals surface area contributed by atoms with Crippen LogP contribution in [0.2, 0.25) is 0 Å². The van der Waals surface area contributed by atoms with Crippen LogP contribution >= 0.6 is 0 Å². The molecule has 0 atom stereocenters. The van der Waals surface area contributed by atoms with E-state index in [9.17, 15) is 14.4 Å². The van der Waals surface area contributed by atoms with E-state index in [1.807, 2.05) is 44.2 Å². The Labute approximate surface area is 207 Å². The van der Waals surface area contributed by atoms with Gasteiger partial charge in [-0.25, -0.2) is 9.36 Å². The van der Waals surface area contributed by atoms with Crippen molar-refractivity contribution in [3.63, 3.8) is 0 Å². The number of benzene rings is 3. The van der Waals surface area contributed by atoms with Crippen LogP contribution < -0.4 is 21.3 Å². The number of hydrogen-bond donors (Lipinski definition) is 1. The second-order valence-electron chi connectivity index (χ2n) is 8.90. The van der Waals surface area contributed by atoms with Gasteiger partial charge in [0.2, 0.25) is 5.91 Å². The zero-order valence-corrected chi connectivity index (χ0v) is 20.5. The van der Waals surface area contributed by atoms with Crippen LogP contribution in [0.5, 0.6) is 5.75 Å². The first-order chi connectivity index (χ1) is 17.3. The molecule has 0 fully saturated rings. The lowest BCUT2D eigenvalue weighted by atomic mass is 10.1. The Balaban J connectivity index is 1.73. The Morgan fingerprint density at radius 1 is 0.889 bits per heavy atom. The van der Waals surface area contributed by atoms with Gasteiger partial charge in [-0.1, -0.05) is 29.3 Å². The highest BCUT2D eigenvalue weighted by molar-refractivity contribution is 6.06. The van der Waals surface area contributed by atoms with Crippen molar-refractivity contribution in [2.24, 2.45) is 7.05 Å². The molecule has 8 heteroatoms. The molecule has 2 aromatic heterocycles. The quantitative estimate of drug-likeness (QED) is 0.412. The summed E-state index contributed by atoms with van der Waals surface area (Å²) in [6, 6.07) is 19.9. The summed E-state index contributed by atoms with van der Waals surface area (Å²) in [6.07, 6.45) is 0. The lowest BCUT2D eigenvalue weighted by Gasteiger charge is -2.14. The Morgan fingerprint density at radius 3 is 2.22 bits per heavy atom. The van der Waals surface area contributed by atoms with Gasteiger partial charge in [-0.2, -0.15) is 0 Å². The maximum absolute atomic E-state index is 13.8. The minimum absolute atomic E-state index is 0.263. The number of rotatable bonds is 5. The third kappa shape index (κ3) is 3.86. The number of anilines is 1. The monoisotopic (exact) mass is 482 g/mol. The predicted molar refractivity (Wildman–Crippen MR) is 141 cm³/mol. The molecule has 0 bridgehead atoms. The molecule has 3 aromatic carbocycles. The lowest BCUT2D eigenvalue weighted by molar-refractivity contribution is -0.116. The topological polar surface area (TPSA) is 87.3 Å². The fourth-order valence-corrected chi connectivity index (χ4v) is 4.55. The predicted octanol–water partition coefficient (Wildman–Crippen LogP) is 3.91. The molecular formula is C28H26N4O4. The van der Waals surface area contributed by atoms with Gasteiger partial charge < -0.3 is 14.6 Å². The first-order valence-corrected chi connectivity index (χ1v) is 11.5. The molecule has 0 aliphatic heterocycles. The van der Waals surface area contributed by atoms with E-state index in [4.69, 9.17) is 4.74 Å². The molecule has 0 aliphatic carbocycles. The van der Waals surface area contributed by atoms with Gasteiger partial charge in [0.05, 0.1) is 23.8 Å². The average Bonchev–Trinajstić information content (AvgIpc) is 3.15. The van der Waals surface area contributed by atoms with E-state index in [1.54, 1.807) is 55.1 Å². The van der Waals surface area contributed by atoms with Gasteiger partial charge >= 0.3 is 5.69 Å². The molecule has 0 unspecified atom stereocenters. The van der Waals surface area contributed by atoms with E-state index in [0.29, 0.717) is 28.2 Å². The first-order valence-electron chi connectivity index (χ1n) is 11.5. The maximum Gasteiger partial charge on any atom is 0.336 e. The Hall–Kier alpha value is -4.59. The molecule has 0 aliphatic rings. The second kappa shape index (κ2) is 8.88. The molecule has 0 saturated heterocycles. The van der Waals surface area contributed by atoms with Crippen molar-refractivity contribution in [3.05, 3.63) is 98.7 Å². The van der Waals surface area contributed by atoms with E-state index in [-0.39, 0.29) is 12.5 Å². The van der Waals surface area contributed by atoms with E-state index >= 15 is 0 Å². The molecule has 1 N–H and O–H groups in total. The summed E-state index contributed by atoms with van der Waals surface area (Å²) in [6.45, 7) is 3.62. The molecule has 0 spiro atoms. The van der Waals surface area contributed by atoms with Gasteiger partial charge in [-0.05, 0) is 62.4 Å². The van der Waals surface area contributed by atoms with E-state index in [2.05, 4.69) is 5.32 Å². The van der Waals surface area contributed by atoms with Crippen LogP contribution in [0.3, 0.4) is 0 Å². The summed E-state index contributed by atoms with van der Waals surface area (Å²) in [5.41, 5.74) is 3.61. The third-order valence-electron chi connectivity index (χ3n) is 6.39. The van der Waals surface area contributed by atoms with Gasteiger partial charge in [-0.3, -0.25) is 14.2 Å². The van der Waals surface area contributed by atoms with Gasteiger partial charge in [0.1, 0.15) is 17.8 Å². The van der Waals surface area contributed by atoms with Crippen LogP contribution in [0.1, 0.15) is 11.1 Å². The minimum atomic E-state index is -0.574. The van der Waals surface area contributed by atoms with Crippen molar-refractivity contribution in [2.75, 3.05) is 12.4 Å². The number of methoxy groups -OCH3 is 1. The van der Waals surface area contributed by atoms with Crippen LogP contribution in [0.4, 0.5) is 5.69 Å². The van der Waals surface area contributed by atoms with Gasteiger partial charge in [-0.15, -0.1) is 0 Å². The van der Waals surface area contributed by atoms with E-state index in [1.165, 1.54) is 4.57 Å². The van der Waals surface area contributed by atoms with Crippen LogP contribution in [0.15, 0.2) is 76.3 Å². The Kier molecular flexibility index (Phi) is 5.72. The van der Waals surface area contributed by atoms with E-state index in [0.717, 1.165) is 26.6 Å². The molecule has 5 aromatic rings. The fraction of sp³-hybridized carbons (Fsp3) is 0.179. The SMILES string of the molecule is COc1ccc(NC(=O)Cn2c(=O)n(-c3ccc(C)cc3)c(=O)c3c2c2cc(C)ccc2n3C)cc1. The number of aromatic nitrogens is 3. The highest BCUT2D eigenvalue weighted by Crippen LogP contribution is 2.27. The molecule has 2 heterocycles. The summed E-state index contributed by atoms with van der Waals surface area (Å²) in [5.74, 6) is 0.282. The molecule has 0 saturated carbocycles. The molecular weight excluding hydrogens is 456 g/mol. The van der Waals surface area contributed by atoms with Crippen molar-refractivity contribution in [1.82, 2.24) is 13.7 Å². The minimum Gasteiger partial charge on any atom is -0.497 e. The van der Waals surface area contributed by atoms with Gasteiger partial charge in [0, 0.05) is 18.1 Å².